The van der Waals surface area contributed by atoms with Gasteiger partial charge in [-0.2, -0.15) is 9.36 Å². The molecule has 0 aliphatic rings. The van der Waals surface area contributed by atoms with Gasteiger partial charge in [-0.25, -0.2) is 0 Å². The summed E-state index contributed by atoms with van der Waals surface area (Å²) in [5, 5.41) is 23.9. The average molecular weight is 350 g/mol. The number of para-hydroxylation sites is 2. The molecule has 0 amide bonds. The molecule has 124 valence electrons. The minimum Gasteiger partial charge on any atom is -0.196 e. The van der Waals surface area contributed by atoms with Crippen molar-refractivity contribution in [3.63, 3.8) is 0 Å². The Morgan fingerprint density at radius 3 is 1.52 bits per heavy atom. The summed E-state index contributed by atoms with van der Waals surface area (Å²) in [6, 6.07) is 19.7. The zero-order valence-corrected chi connectivity index (χ0v) is 14.0. The van der Waals surface area contributed by atoms with E-state index in [1.54, 1.807) is 21.1 Å². The molecule has 0 aliphatic carbocycles. The standard InChI is InChI=1S/C16H14N8S/c1-3-7-13(8-4-1)23-15(17-19-21-23)11-25-12-16-18-20-22-24(16)14-9-5-2-6-10-14/h1-10H,11-12H2. The normalized spacial score (nSPS) is 10.9. The van der Waals surface area contributed by atoms with Crippen LogP contribution in [0.5, 0.6) is 0 Å². The van der Waals surface area contributed by atoms with Gasteiger partial charge in [0.25, 0.3) is 0 Å². The Labute approximate surface area is 147 Å². The van der Waals surface area contributed by atoms with E-state index >= 15 is 0 Å². The lowest BCUT2D eigenvalue weighted by molar-refractivity contribution is 0.775. The molecule has 25 heavy (non-hydrogen) atoms. The van der Waals surface area contributed by atoms with Gasteiger partial charge in [0.15, 0.2) is 11.6 Å². The molecule has 2 heterocycles. The van der Waals surface area contributed by atoms with Gasteiger partial charge in [-0.1, -0.05) is 36.4 Å². The zero-order valence-electron chi connectivity index (χ0n) is 13.2. The third-order valence-corrected chi connectivity index (χ3v) is 4.46. The first kappa shape index (κ1) is 15.5. The van der Waals surface area contributed by atoms with Gasteiger partial charge < -0.3 is 0 Å². The van der Waals surface area contributed by atoms with Crippen molar-refractivity contribution < 1.29 is 0 Å². The highest BCUT2D eigenvalue weighted by molar-refractivity contribution is 7.97. The van der Waals surface area contributed by atoms with Crippen molar-refractivity contribution in [1.82, 2.24) is 40.4 Å². The number of thioether (sulfide) groups is 1. The fraction of sp³-hybridized carbons (Fsp3) is 0.125. The Morgan fingerprint density at radius 1 is 0.640 bits per heavy atom. The van der Waals surface area contributed by atoms with Crippen LogP contribution in [0.15, 0.2) is 60.7 Å². The van der Waals surface area contributed by atoms with Gasteiger partial charge in [0.2, 0.25) is 0 Å². The molecule has 0 saturated heterocycles. The topological polar surface area (TPSA) is 87.2 Å². The van der Waals surface area contributed by atoms with Crippen LogP contribution in [0.4, 0.5) is 0 Å². The van der Waals surface area contributed by atoms with Crippen LogP contribution >= 0.6 is 11.8 Å². The van der Waals surface area contributed by atoms with Crippen LogP contribution < -0.4 is 0 Å². The molecule has 0 fully saturated rings. The Balaban J connectivity index is 1.45. The fourth-order valence-corrected chi connectivity index (χ4v) is 3.19. The first-order valence-corrected chi connectivity index (χ1v) is 8.80. The van der Waals surface area contributed by atoms with E-state index in [4.69, 9.17) is 0 Å². The van der Waals surface area contributed by atoms with E-state index in [2.05, 4.69) is 31.1 Å². The maximum atomic E-state index is 4.11. The van der Waals surface area contributed by atoms with Gasteiger partial charge in [0, 0.05) is 0 Å². The van der Waals surface area contributed by atoms with Crippen LogP contribution in [-0.4, -0.2) is 40.4 Å². The second kappa shape index (κ2) is 7.22. The third kappa shape index (κ3) is 3.41. The molecule has 0 unspecified atom stereocenters. The SMILES string of the molecule is c1ccc(-n2nnnc2CSCc2nnnn2-c2ccccc2)cc1. The number of hydrogen-bond acceptors (Lipinski definition) is 7. The summed E-state index contributed by atoms with van der Waals surface area (Å²) in [6.07, 6.45) is 0. The van der Waals surface area contributed by atoms with Crippen LogP contribution in [-0.2, 0) is 11.5 Å². The van der Waals surface area contributed by atoms with E-state index in [-0.39, 0.29) is 0 Å². The van der Waals surface area contributed by atoms with E-state index in [0.29, 0.717) is 11.5 Å². The maximum absolute atomic E-state index is 4.11. The molecule has 0 N–H and O–H groups in total. The molecule has 9 heteroatoms. The summed E-state index contributed by atoms with van der Waals surface area (Å²) in [5.74, 6) is 2.89. The van der Waals surface area contributed by atoms with E-state index < -0.39 is 0 Å². The molecule has 0 aliphatic heterocycles. The highest BCUT2D eigenvalue weighted by atomic mass is 32.2. The molecule has 0 spiro atoms. The maximum Gasteiger partial charge on any atom is 0.166 e. The predicted octanol–water partition coefficient (Wildman–Crippen LogP) is 2.07. The summed E-state index contributed by atoms with van der Waals surface area (Å²) in [5.41, 5.74) is 1.88. The summed E-state index contributed by atoms with van der Waals surface area (Å²) in [4.78, 5) is 0. The van der Waals surface area contributed by atoms with E-state index in [0.717, 1.165) is 23.0 Å². The first-order valence-electron chi connectivity index (χ1n) is 7.65. The van der Waals surface area contributed by atoms with Crippen molar-refractivity contribution in [1.29, 1.82) is 0 Å². The van der Waals surface area contributed by atoms with Crippen molar-refractivity contribution >= 4 is 11.8 Å². The van der Waals surface area contributed by atoms with Crippen LogP contribution in [0.1, 0.15) is 11.6 Å². The van der Waals surface area contributed by atoms with Gasteiger partial charge in [-0.05, 0) is 45.1 Å². The van der Waals surface area contributed by atoms with E-state index in [1.807, 2.05) is 60.7 Å². The molecular formula is C16H14N8S. The Kier molecular flexibility index (Phi) is 4.46. The van der Waals surface area contributed by atoms with Gasteiger partial charge in [-0.3, -0.25) is 0 Å². The molecule has 2 aromatic carbocycles. The second-order valence-electron chi connectivity index (χ2n) is 5.18. The lowest BCUT2D eigenvalue weighted by atomic mass is 10.3. The Morgan fingerprint density at radius 2 is 1.08 bits per heavy atom. The summed E-state index contributed by atoms with van der Waals surface area (Å²) >= 11 is 1.66. The molecule has 0 radical (unpaired) electrons. The second-order valence-corrected chi connectivity index (χ2v) is 6.16. The van der Waals surface area contributed by atoms with Gasteiger partial charge >= 0.3 is 0 Å². The highest BCUT2D eigenvalue weighted by Crippen LogP contribution is 2.18. The van der Waals surface area contributed by atoms with Crippen molar-refractivity contribution in [2.24, 2.45) is 0 Å². The third-order valence-electron chi connectivity index (χ3n) is 3.53. The van der Waals surface area contributed by atoms with Gasteiger partial charge in [0.05, 0.1) is 22.9 Å². The Hall–Kier alpha value is -3.07. The number of tetrazole rings is 2. The van der Waals surface area contributed by atoms with Crippen molar-refractivity contribution in [3.05, 3.63) is 72.3 Å². The quantitative estimate of drug-likeness (QED) is 0.526. The molecule has 0 saturated carbocycles. The number of aromatic nitrogens is 8. The van der Waals surface area contributed by atoms with Crippen molar-refractivity contribution in [3.8, 4) is 11.4 Å². The van der Waals surface area contributed by atoms with Gasteiger partial charge in [-0.15, -0.1) is 22.0 Å². The summed E-state index contributed by atoms with van der Waals surface area (Å²) in [7, 11) is 0. The largest absolute Gasteiger partial charge is 0.196 e. The van der Waals surface area contributed by atoms with Gasteiger partial charge in [0.1, 0.15) is 0 Å². The molecule has 4 rings (SSSR count). The number of nitrogens with zero attached hydrogens (tertiary/aromatic N) is 8. The van der Waals surface area contributed by atoms with Crippen LogP contribution in [0.2, 0.25) is 0 Å². The smallest absolute Gasteiger partial charge is 0.166 e. The number of benzene rings is 2. The monoisotopic (exact) mass is 350 g/mol. The number of hydrogen-bond donors (Lipinski definition) is 0. The predicted molar refractivity (Wildman–Crippen MR) is 93.3 cm³/mol. The minimum atomic E-state index is 0.656. The zero-order chi connectivity index (χ0) is 16.9. The Bertz CT molecular complexity index is 857. The van der Waals surface area contributed by atoms with Crippen molar-refractivity contribution in [2.45, 2.75) is 11.5 Å². The minimum absolute atomic E-state index is 0.656. The average Bonchev–Trinajstić information content (AvgIpc) is 3.33. The lowest BCUT2D eigenvalue weighted by Gasteiger charge is -2.05. The molecule has 4 aromatic rings. The molecule has 2 aromatic heterocycles. The first-order chi connectivity index (χ1) is 12.4. The van der Waals surface area contributed by atoms with Crippen molar-refractivity contribution in [2.75, 3.05) is 0 Å². The summed E-state index contributed by atoms with van der Waals surface area (Å²) < 4.78 is 3.49. The molecule has 0 bridgehead atoms. The van der Waals surface area contributed by atoms with Crippen LogP contribution in [0.3, 0.4) is 0 Å². The molecule has 8 nitrogen and oxygen atoms in total. The highest BCUT2D eigenvalue weighted by Gasteiger charge is 2.11. The van der Waals surface area contributed by atoms with E-state index in [9.17, 15) is 0 Å². The molecular weight excluding hydrogens is 336 g/mol. The van der Waals surface area contributed by atoms with Crippen LogP contribution in [0, 0.1) is 0 Å². The fourth-order valence-electron chi connectivity index (χ4n) is 2.36. The van der Waals surface area contributed by atoms with Crippen LogP contribution in [0.25, 0.3) is 11.4 Å². The molecule has 0 atom stereocenters. The van der Waals surface area contributed by atoms with E-state index in [1.165, 1.54) is 0 Å². The summed E-state index contributed by atoms with van der Waals surface area (Å²) in [6.45, 7) is 0. The number of rotatable bonds is 6. The lowest BCUT2D eigenvalue weighted by Crippen LogP contribution is -2.04.